The summed E-state index contributed by atoms with van der Waals surface area (Å²) in [4.78, 5) is 12.0. The molecule has 1 saturated carbocycles. The Morgan fingerprint density at radius 2 is 1.90 bits per heavy atom. The maximum absolute atomic E-state index is 12.0. The van der Waals surface area contributed by atoms with Crippen molar-refractivity contribution in [1.82, 2.24) is 0 Å². The lowest BCUT2D eigenvalue weighted by atomic mass is 10.2. The van der Waals surface area contributed by atoms with E-state index in [4.69, 9.17) is 9.47 Å². The third kappa shape index (κ3) is 4.45. The number of carbonyl (C=O) groups is 1. The molecular weight excluding hydrogens is 367 g/mol. The van der Waals surface area contributed by atoms with E-state index in [1.165, 1.54) is 0 Å². The molecule has 3 atom stereocenters. The molecule has 0 spiro atoms. The first-order valence-corrected chi connectivity index (χ1v) is 8.11. The third-order valence-corrected chi connectivity index (χ3v) is 4.87. The molecule has 0 radical (unpaired) electrons. The summed E-state index contributed by atoms with van der Waals surface area (Å²) in [5.41, 5.74) is 0.748. The molecule has 110 valence electrons. The van der Waals surface area contributed by atoms with Gasteiger partial charge in [0, 0.05) is 9.84 Å². The summed E-state index contributed by atoms with van der Waals surface area (Å²) in [5, 5.41) is 0. The summed E-state index contributed by atoms with van der Waals surface area (Å²) in [6.07, 6.45) is 0. The molecule has 1 fully saturated rings. The average Bonchev–Trinajstić information content (AvgIpc) is 2.99. The molecule has 20 heavy (non-hydrogen) atoms. The second kappa shape index (κ2) is 6.43. The highest BCUT2D eigenvalue weighted by Crippen LogP contribution is 2.47. The van der Waals surface area contributed by atoms with E-state index < -0.39 is 5.60 Å². The number of carbonyl (C=O) groups excluding carboxylic acids is 1. The fraction of sp³-hybridized carbons (Fsp3) is 0.562. The van der Waals surface area contributed by atoms with Gasteiger partial charge < -0.3 is 9.47 Å². The molecule has 0 aliphatic heterocycles. The summed E-state index contributed by atoms with van der Waals surface area (Å²) < 4.78 is 11.5. The maximum Gasteiger partial charge on any atom is 0.310 e. The van der Waals surface area contributed by atoms with E-state index in [0.717, 1.165) is 5.56 Å². The van der Waals surface area contributed by atoms with Gasteiger partial charge in [-0.05, 0) is 26.3 Å². The van der Waals surface area contributed by atoms with Crippen molar-refractivity contribution < 1.29 is 14.3 Å². The van der Waals surface area contributed by atoms with E-state index in [1.807, 2.05) is 51.1 Å². The summed E-state index contributed by atoms with van der Waals surface area (Å²) >= 11 is 2.32. The summed E-state index contributed by atoms with van der Waals surface area (Å²) in [6.45, 7) is 6.91. The van der Waals surface area contributed by atoms with Crippen LogP contribution in [0.15, 0.2) is 30.3 Å². The van der Waals surface area contributed by atoms with Gasteiger partial charge in [0.2, 0.25) is 0 Å². The first kappa shape index (κ1) is 15.8. The van der Waals surface area contributed by atoms with Gasteiger partial charge in [0.1, 0.15) is 5.60 Å². The Morgan fingerprint density at radius 1 is 1.25 bits per heavy atom. The Kier molecular flexibility index (Phi) is 5.07. The van der Waals surface area contributed by atoms with Crippen LogP contribution in [0.2, 0.25) is 0 Å². The van der Waals surface area contributed by atoms with Crippen LogP contribution in [0, 0.1) is 11.8 Å². The zero-order chi connectivity index (χ0) is 14.8. The SMILES string of the molecule is CC(C)(C)OC(=O)[C@H]1[C@@H](I)[C@H]1COCc1ccccc1. The van der Waals surface area contributed by atoms with E-state index in [0.29, 0.717) is 17.1 Å². The Bertz CT molecular complexity index is 453. The second-order valence-corrected chi connectivity index (χ2v) is 7.61. The lowest BCUT2D eigenvalue weighted by molar-refractivity contribution is -0.157. The topological polar surface area (TPSA) is 35.5 Å². The number of benzene rings is 1. The summed E-state index contributed by atoms with van der Waals surface area (Å²) in [7, 11) is 0. The normalized spacial score (nSPS) is 25.3. The van der Waals surface area contributed by atoms with E-state index in [-0.39, 0.29) is 17.8 Å². The van der Waals surface area contributed by atoms with E-state index in [1.54, 1.807) is 0 Å². The van der Waals surface area contributed by atoms with Crippen LogP contribution < -0.4 is 0 Å². The number of esters is 1. The van der Waals surface area contributed by atoms with E-state index in [9.17, 15) is 4.79 Å². The van der Waals surface area contributed by atoms with Crippen molar-refractivity contribution in [2.75, 3.05) is 6.61 Å². The minimum Gasteiger partial charge on any atom is -0.460 e. The largest absolute Gasteiger partial charge is 0.460 e. The Morgan fingerprint density at radius 3 is 2.50 bits per heavy atom. The van der Waals surface area contributed by atoms with Crippen molar-refractivity contribution in [3.05, 3.63) is 35.9 Å². The van der Waals surface area contributed by atoms with Crippen molar-refractivity contribution in [1.29, 1.82) is 0 Å². The quantitative estimate of drug-likeness (QED) is 0.439. The Labute approximate surface area is 134 Å². The number of halogens is 1. The van der Waals surface area contributed by atoms with Gasteiger partial charge in [-0.25, -0.2) is 0 Å². The van der Waals surface area contributed by atoms with Crippen LogP contribution in [0.3, 0.4) is 0 Å². The lowest BCUT2D eigenvalue weighted by Crippen LogP contribution is -2.25. The zero-order valence-electron chi connectivity index (χ0n) is 12.1. The minimum atomic E-state index is -0.411. The van der Waals surface area contributed by atoms with E-state index in [2.05, 4.69) is 22.6 Å². The van der Waals surface area contributed by atoms with Crippen molar-refractivity contribution in [3.63, 3.8) is 0 Å². The minimum absolute atomic E-state index is 0.00871. The van der Waals surface area contributed by atoms with Crippen LogP contribution >= 0.6 is 22.6 Å². The molecule has 0 aromatic heterocycles. The molecule has 0 N–H and O–H groups in total. The molecule has 0 unspecified atom stereocenters. The van der Waals surface area contributed by atoms with E-state index >= 15 is 0 Å². The molecule has 1 aromatic carbocycles. The van der Waals surface area contributed by atoms with Gasteiger partial charge in [0.05, 0.1) is 19.1 Å². The van der Waals surface area contributed by atoms with Crippen LogP contribution in [-0.4, -0.2) is 22.1 Å². The highest BCUT2D eigenvalue weighted by atomic mass is 127. The zero-order valence-corrected chi connectivity index (χ0v) is 14.3. The number of ether oxygens (including phenoxy) is 2. The summed E-state index contributed by atoms with van der Waals surface area (Å²) in [5.74, 6) is 0.185. The average molecular weight is 388 g/mol. The molecule has 1 aromatic rings. The van der Waals surface area contributed by atoms with Gasteiger partial charge in [-0.15, -0.1) is 0 Å². The lowest BCUT2D eigenvalue weighted by Gasteiger charge is -2.19. The highest BCUT2D eigenvalue weighted by molar-refractivity contribution is 14.1. The van der Waals surface area contributed by atoms with Gasteiger partial charge in [-0.3, -0.25) is 4.79 Å². The van der Waals surface area contributed by atoms with Gasteiger partial charge in [-0.1, -0.05) is 52.9 Å². The number of rotatable bonds is 5. The predicted octanol–water partition coefficient (Wildman–Crippen LogP) is 3.59. The van der Waals surface area contributed by atoms with Gasteiger partial charge in [0.15, 0.2) is 0 Å². The van der Waals surface area contributed by atoms with Crippen LogP contribution in [-0.2, 0) is 20.9 Å². The van der Waals surface area contributed by atoms with Gasteiger partial charge in [-0.2, -0.15) is 0 Å². The van der Waals surface area contributed by atoms with Crippen molar-refractivity contribution >= 4 is 28.6 Å². The van der Waals surface area contributed by atoms with Gasteiger partial charge >= 0.3 is 5.97 Å². The molecule has 0 saturated heterocycles. The molecule has 0 heterocycles. The molecular formula is C16H21IO3. The first-order chi connectivity index (χ1) is 9.38. The predicted molar refractivity (Wildman–Crippen MR) is 86.7 cm³/mol. The Balaban J connectivity index is 1.74. The fourth-order valence-electron chi connectivity index (χ4n) is 2.09. The van der Waals surface area contributed by atoms with Crippen LogP contribution in [0.4, 0.5) is 0 Å². The standard InChI is InChI=1S/C16H21IO3/c1-16(2,3)20-15(18)13-12(14(13)17)10-19-9-11-7-5-4-6-8-11/h4-8,12-14H,9-10H2,1-3H3/t12-,13+,14-/m0/s1. The number of hydrogen-bond donors (Lipinski definition) is 0. The molecule has 3 nitrogen and oxygen atoms in total. The Hall–Kier alpha value is -0.620. The molecule has 1 aliphatic rings. The molecule has 2 rings (SSSR count). The molecule has 4 heteroatoms. The molecule has 0 bridgehead atoms. The van der Waals surface area contributed by atoms with Crippen LogP contribution in [0.5, 0.6) is 0 Å². The maximum atomic E-state index is 12.0. The summed E-state index contributed by atoms with van der Waals surface area (Å²) in [6, 6.07) is 10.1. The van der Waals surface area contributed by atoms with Gasteiger partial charge in [0.25, 0.3) is 0 Å². The van der Waals surface area contributed by atoms with Crippen molar-refractivity contribution in [2.24, 2.45) is 11.8 Å². The molecule has 1 aliphatic carbocycles. The fourth-order valence-corrected chi connectivity index (χ4v) is 3.33. The monoisotopic (exact) mass is 388 g/mol. The van der Waals surface area contributed by atoms with Crippen molar-refractivity contribution in [2.45, 2.75) is 36.9 Å². The molecule has 0 amide bonds. The smallest absolute Gasteiger partial charge is 0.310 e. The number of alkyl halides is 1. The van der Waals surface area contributed by atoms with Crippen LogP contribution in [0.1, 0.15) is 26.3 Å². The third-order valence-electron chi connectivity index (χ3n) is 3.17. The van der Waals surface area contributed by atoms with Crippen molar-refractivity contribution in [3.8, 4) is 0 Å². The number of hydrogen-bond acceptors (Lipinski definition) is 3. The first-order valence-electron chi connectivity index (χ1n) is 6.87. The van der Waals surface area contributed by atoms with Crippen LogP contribution in [0.25, 0.3) is 0 Å². The second-order valence-electron chi connectivity index (χ2n) is 6.17. The highest BCUT2D eigenvalue weighted by Gasteiger charge is 2.55.